The predicted molar refractivity (Wildman–Crippen MR) is 44.6 cm³/mol. The van der Waals surface area contributed by atoms with Crippen molar-refractivity contribution < 1.29 is 9.59 Å². The highest BCUT2D eigenvalue weighted by atomic mass is 16.1. The van der Waals surface area contributed by atoms with E-state index in [1.54, 1.807) is 0 Å². The number of rotatable bonds is 0. The van der Waals surface area contributed by atoms with E-state index >= 15 is 0 Å². The monoisotopic (exact) mass is 164 g/mol. The summed E-state index contributed by atoms with van der Waals surface area (Å²) in [5.74, 6) is 0.786. The van der Waals surface area contributed by atoms with Crippen molar-refractivity contribution in [1.82, 2.24) is 0 Å². The average molecular weight is 164 g/mol. The van der Waals surface area contributed by atoms with Crippen molar-refractivity contribution >= 4 is 11.6 Å². The van der Waals surface area contributed by atoms with Crippen molar-refractivity contribution in [3.63, 3.8) is 0 Å². The minimum atomic E-state index is 0.136. The topological polar surface area (TPSA) is 34.1 Å². The Kier molecular flexibility index (Phi) is 1.83. The van der Waals surface area contributed by atoms with E-state index in [4.69, 9.17) is 0 Å². The third-order valence-corrected chi connectivity index (χ3v) is 2.84. The highest BCUT2D eigenvalue weighted by Gasteiger charge is 2.35. The van der Waals surface area contributed by atoms with Gasteiger partial charge in [0.1, 0.15) is 11.6 Å². The van der Waals surface area contributed by atoms with Gasteiger partial charge in [0.25, 0.3) is 0 Å². The molecule has 12 heavy (non-hydrogen) atoms. The van der Waals surface area contributed by atoms with Gasteiger partial charge in [-0.15, -0.1) is 0 Å². The van der Waals surface area contributed by atoms with Crippen molar-refractivity contribution in [1.29, 1.82) is 0 Å². The average Bonchev–Trinajstić information content (AvgIpc) is 2.04. The van der Waals surface area contributed by atoms with Gasteiger partial charge >= 0.3 is 0 Å². The van der Waals surface area contributed by atoms with Gasteiger partial charge in [-0.25, -0.2) is 0 Å². The van der Waals surface area contributed by atoms with Gasteiger partial charge in [-0.2, -0.15) is 0 Å². The molecule has 0 heterocycles. The second-order valence-corrected chi connectivity index (χ2v) is 3.70. The van der Waals surface area contributed by atoms with Gasteiger partial charge in [0, 0.05) is 12.3 Å². The molecule has 2 aliphatic rings. The molecular formula is C10H12O2. The third-order valence-electron chi connectivity index (χ3n) is 2.84. The quantitative estimate of drug-likeness (QED) is 0.401. The molecule has 0 spiro atoms. The zero-order chi connectivity index (χ0) is 8.55. The maximum absolute atomic E-state index is 11.4. The van der Waals surface area contributed by atoms with Crippen LogP contribution < -0.4 is 0 Å². The Labute approximate surface area is 71.6 Å². The summed E-state index contributed by atoms with van der Waals surface area (Å²) < 4.78 is 0. The first-order valence-corrected chi connectivity index (χ1v) is 4.47. The van der Waals surface area contributed by atoms with E-state index in [0.717, 1.165) is 12.8 Å². The molecule has 0 aliphatic heterocycles. The molecule has 2 atom stereocenters. The van der Waals surface area contributed by atoms with Crippen LogP contribution >= 0.6 is 0 Å². The third kappa shape index (κ3) is 1.22. The van der Waals surface area contributed by atoms with Crippen LogP contribution in [0.3, 0.4) is 0 Å². The van der Waals surface area contributed by atoms with Crippen LogP contribution in [-0.2, 0) is 9.59 Å². The molecule has 2 heteroatoms. The fourth-order valence-corrected chi connectivity index (χ4v) is 2.18. The van der Waals surface area contributed by atoms with Crippen LogP contribution in [0.25, 0.3) is 0 Å². The largest absolute Gasteiger partial charge is 0.299 e. The summed E-state index contributed by atoms with van der Waals surface area (Å²) in [4.78, 5) is 22.5. The van der Waals surface area contributed by atoms with E-state index < -0.39 is 0 Å². The smallest absolute Gasteiger partial charge is 0.143 e. The maximum atomic E-state index is 11.4. The van der Waals surface area contributed by atoms with Gasteiger partial charge in [0.05, 0.1) is 6.42 Å². The summed E-state index contributed by atoms with van der Waals surface area (Å²) in [7, 11) is 0. The van der Waals surface area contributed by atoms with Crippen LogP contribution in [0.2, 0.25) is 0 Å². The molecular weight excluding hydrogens is 152 g/mol. The SMILES string of the molecule is O=C1CC(=O)C2CC=CCC2C1. The molecule has 0 radical (unpaired) electrons. The van der Waals surface area contributed by atoms with E-state index in [1.165, 1.54) is 0 Å². The summed E-state index contributed by atoms with van der Waals surface area (Å²) >= 11 is 0. The summed E-state index contributed by atoms with van der Waals surface area (Å²) in [5.41, 5.74) is 0. The Morgan fingerprint density at radius 3 is 2.75 bits per heavy atom. The van der Waals surface area contributed by atoms with Crippen molar-refractivity contribution in [2.24, 2.45) is 11.8 Å². The Morgan fingerprint density at radius 1 is 1.17 bits per heavy atom. The van der Waals surface area contributed by atoms with Gasteiger partial charge in [-0.05, 0) is 18.8 Å². The molecule has 0 saturated heterocycles. The van der Waals surface area contributed by atoms with Gasteiger partial charge < -0.3 is 0 Å². The van der Waals surface area contributed by atoms with Gasteiger partial charge in [-0.1, -0.05) is 12.2 Å². The molecule has 0 aromatic carbocycles. The minimum absolute atomic E-state index is 0.136. The number of carbonyl (C=O) groups excluding carboxylic acids is 2. The van der Waals surface area contributed by atoms with Crippen molar-refractivity contribution in [3.05, 3.63) is 12.2 Å². The first-order chi connectivity index (χ1) is 5.77. The molecule has 0 N–H and O–H groups in total. The number of allylic oxidation sites excluding steroid dienone is 2. The molecule has 1 saturated carbocycles. The Morgan fingerprint density at radius 2 is 1.92 bits per heavy atom. The van der Waals surface area contributed by atoms with Gasteiger partial charge in [-0.3, -0.25) is 9.59 Å². The Bertz CT molecular complexity index is 253. The highest BCUT2D eigenvalue weighted by molar-refractivity contribution is 6.02. The van der Waals surface area contributed by atoms with Gasteiger partial charge in [0.15, 0.2) is 0 Å². The Hall–Kier alpha value is -0.920. The fraction of sp³-hybridized carbons (Fsp3) is 0.600. The normalized spacial score (nSPS) is 35.0. The molecule has 2 nitrogen and oxygen atoms in total. The van der Waals surface area contributed by atoms with Crippen molar-refractivity contribution in [3.8, 4) is 0 Å². The number of carbonyl (C=O) groups is 2. The molecule has 0 bridgehead atoms. The first-order valence-electron chi connectivity index (χ1n) is 4.47. The number of hydrogen-bond acceptors (Lipinski definition) is 2. The van der Waals surface area contributed by atoms with Crippen LogP contribution in [0, 0.1) is 11.8 Å². The molecule has 1 fully saturated rings. The first kappa shape index (κ1) is 7.71. The van der Waals surface area contributed by atoms with Crippen molar-refractivity contribution in [2.45, 2.75) is 25.7 Å². The zero-order valence-corrected chi connectivity index (χ0v) is 6.95. The number of ketones is 2. The van der Waals surface area contributed by atoms with E-state index in [2.05, 4.69) is 12.2 Å². The summed E-state index contributed by atoms with van der Waals surface area (Å²) in [6, 6.07) is 0. The number of hydrogen-bond donors (Lipinski definition) is 0. The fourth-order valence-electron chi connectivity index (χ4n) is 2.18. The standard InChI is InChI=1S/C10H12O2/c11-8-5-7-3-1-2-4-9(7)10(12)6-8/h1-2,7,9H,3-6H2. The number of Topliss-reactive ketones (excluding diaryl/α,β-unsaturated/α-hetero) is 2. The molecule has 2 aliphatic carbocycles. The number of fused-ring (bicyclic) bond motifs is 1. The molecule has 0 aromatic rings. The molecule has 0 amide bonds. The second kappa shape index (κ2) is 2.85. The summed E-state index contributed by atoms with van der Waals surface area (Å²) in [6.45, 7) is 0. The lowest BCUT2D eigenvalue weighted by Crippen LogP contribution is -2.34. The van der Waals surface area contributed by atoms with Crippen LogP contribution in [-0.4, -0.2) is 11.6 Å². The van der Waals surface area contributed by atoms with Crippen LogP contribution in [0.4, 0.5) is 0 Å². The van der Waals surface area contributed by atoms with Gasteiger partial charge in [0.2, 0.25) is 0 Å². The molecule has 2 unspecified atom stereocenters. The van der Waals surface area contributed by atoms with Crippen LogP contribution in [0.5, 0.6) is 0 Å². The lowest BCUT2D eigenvalue weighted by Gasteiger charge is -2.30. The second-order valence-electron chi connectivity index (χ2n) is 3.70. The molecule has 64 valence electrons. The lowest BCUT2D eigenvalue weighted by molar-refractivity contribution is -0.135. The Balaban J connectivity index is 2.18. The van der Waals surface area contributed by atoms with E-state index in [-0.39, 0.29) is 23.9 Å². The predicted octanol–water partition coefficient (Wildman–Crippen LogP) is 1.50. The summed E-state index contributed by atoms with van der Waals surface area (Å²) in [5, 5.41) is 0. The lowest BCUT2D eigenvalue weighted by atomic mass is 9.72. The molecule has 0 aromatic heterocycles. The van der Waals surface area contributed by atoms with E-state index in [9.17, 15) is 9.59 Å². The van der Waals surface area contributed by atoms with Crippen LogP contribution in [0.1, 0.15) is 25.7 Å². The zero-order valence-electron chi connectivity index (χ0n) is 6.95. The van der Waals surface area contributed by atoms with E-state index in [0.29, 0.717) is 12.3 Å². The highest BCUT2D eigenvalue weighted by Crippen LogP contribution is 2.33. The summed E-state index contributed by atoms with van der Waals surface area (Å²) in [6.07, 6.45) is 6.75. The van der Waals surface area contributed by atoms with E-state index in [1.807, 2.05) is 0 Å². The van der Waals surface area contributed by atoms with Crippen LogP contribution in [0.15, 0.2) is 12.2 Å². The minimum Gasteiger partial charge on any atom is -0.299 e. The molecule has 2 rings (SSSR count). The van der Waals surface area contributed by atoms with Crippen molar-refractivity contribution in [2.75, 3.05) is 0 Å². The maximum Gasteiger partial charge on any atom is 0.143 e.